The van der Waals surface area contributed by atoms with Gasteiger partial charge in [0.05, 0.1) is 6.54 Å². The molecule has 6 heteroatoms. The van der Waals surface area contributed by atoms with Gasteiger partial charge in [-0.25, -0.2) is 0 Å². The Morgan fingerprint density at radius 1 is 1.04 bits per heavy atom. The van der Waals surface area contributed by atoms with Gasteiger partial charge in [0.2, 0.25) is 11.8 Å². The lowest BCUT2D eigenvalue weighted by atomic mass is 9.98. The summed E-state index contributed by atoms with van der Waals surface area (Å²) >= 11 is 0. The van der Waals surface area contributed by atoms with Gasteiger partial charge in [0.15, 0.2) is 0 Å². The molecule has 0 aliphatic carbocycles. The van der Waals surface area contributed by atoms with Gasteiger partial charge >= 0.3 is 0 Å². The Bertz CT molecular complexity index is 550. The molecule has 0 spiro atoms. The number of piperazine rings is 1. The molecule has 2 fully saturated rings. The maximum absolute atomic E-state index is 12.5. The molecule has 2 saturated heterocycles. The van der Waals surface area contributed by atoms with Crippen LogP contribution >= 0.6 is 0 Å². The molecule has 0 atom stereocenters. The number of hydrogen-bond acceptors (Lipinski definition) is 4. The third kappa shape index (κ3) is 4.55. The van der Waals surface area contributed by atoms with Crippen LogP contribution in [-0.2, 0) is 14.3 Å². The van der Waals surface area contributed by atoms with Crippen LogP contribution in [0.15, 0.2) is 30.3 Å². The molecule has 0 unspecified atom stereocenters. The van der Waals surface area contributed by atoms with E-state index in [2.05, 4.69) is 10.2 Å². The van der Waals surface area contributed by atoms with Crippen molar-refractivity contribution in [1.82, 2.24) is 9.80 Å². The highest BCUT2D eigenvalue weighted by Gasteiger charge is 2.29. The van der Waals surface area contributed by atoms with E-state index in [1.807, 2.05) is 35.2 Å². The van der Waals surface area contributed by atoms with Gasteiger partial charge < -0.3 is 15.0 Å². The van der Waals surface area contributed by atoms with Gasteiger partial charge in [0, 0.05) is 51.0 Å². The first-order valence-corrected chi connectivity index (χ1v) is 8.66. The lowest BCUT2D eigenvalue weighted by Crippen LogP contribution is -2.52. The second-order valence-corrected chi connectivity index (χ2v) is 6.40. The minimum Gasteiger partial charge on any atom is -0.381 e. The van der Waals surface area contributed by atoms with E-state index >= 15 is 0 Å². The fourth-order valence-corrected chi connectivity index (χ4v) is 3.25. The molecule has 0 radical (unpaired) electrons. The summed E-state index contributed by atoms with van der Waals surface area (Å²) in [5.41, 5.74) is 0.816. The van der Waals surface area contributed by atoms with Gasteiger partial charge in [-0.2, -0.15) is 0 Å². The number of hydrogen-bond donors (Lipinski definition) is 1. The van der Waals surface area contributed by atoms with E-state index in [1.54, 1.807) is 0 Å². The van der Waals surface area contributed by atoms with Gasteiger partial charge in [0.25, 0.3) is 0 Å². The van der Waals surface area contributed by atoms with Crippen LogP contribution in [0.4, 0.5) is 5.69 Å². The standard InChI is InChI=1S/C18H25N3O3/c22-17(19-16-4-2-1-3-5-16)14-20-8-10-21(11-9-20)18(23)15-6-12-24-13-7-15/h1-5,15H,6-14H2,(H,19,22). The first-order chi connectivity index (χ1) is 11.7. The molecule has 1 N–H and O–H groups in total. The number of nitrogens with zero attached hydrogens (tertiary/aromatic N) is 2. The zero-order valence-electron chi connectivity index (χ0n) is 13.9. The average molecular weight is 331 g/mol. The molecule has 130 valence electrons. The number of ether oxygens (including phenoxy) is 1. The van der Waals surface area contributed by atoms with Gasteiger partial charge in [0.1, 0.15) is 0 Å². The number of anilines is 1. The second-order valence-electron chi connectivity index (χ2n) is 6.40. The van der Waals surface area contributed by atoms with Crippen molar-refractivity contribution in [3.63, 3.8) is 0 Å². The van der Waals surface area contributed by atoms with Gasteiger partial charge in [-0.1, -0.05) is 18.2 Å². The molecule has 24 heavy (non-hydrogen) atoms. The van der Waals surface area contributed by atoms with Crippen molar-refractivity contribution in [3.8, 4) is 0 Å². The third-order valence-electron chi connectivity index (χ3n) is 4.68. The first-order valence-electron chi connectivity index (χ1n) is 8.66. The number of amides is 2. The molecule has 2 aliphatic heterocycles. The van der Waals surface area contributed by atoms with Gasteiger partial charge in [-0.15, -0.1) is 0 Å². The fraction of sp³-hybridized carbons (Fsp3) is 0.556. The van der Waals surface area contributed by atoms with Crippen molar-refractivity contribution in [2.45, 2.75) is 12.8 Å². The van der Waals surface area contributed by atoms with E-state index in [1.165, 1.54) is 0 Å². The van der Waals surface area contributed by atoms with Crippen LogP contribution in [0.2, 0.25) is 0 Å². The minimum atomic E-state index is -0.00888. The smallest absolute Gasteiger partial charge is 0.238 e. The highest BCUT2D eigenvalue weighted by atomic mass is 16.5. The summed E-state index contributed by atoms with van der Waals surface area (Å²) in [6.45, 7) is 4.65. The summed E-state index contributed by atoms with van der Waals surface area (Å²) in [6.07, 6.45) is 1.66. The Balaban J connectivity index is 1.41. The van der Waals surface area contributed by atoms with Crippen LogP contribution in [0.3, 0.4) is 0 Å². The predicted molar refractivity (Wildman–Crippen MR) is 91.6 cm³/mol. The number of carbonyl (C=O) groups is 2. The molecule has 0 aromatic heterocycles. The Morgan fingerprint density at radius 3 is 2.38 bits per heavy atom. The third-order valence-corrected chi connectivity index (χ3v) is 4.68. The lowest BCUT2D eigenvalue weighted by Gasteiger charge is -2.36. The van der Waals surface area contributed by atoms with Crippen LogP contribution in [-0.4, -0.2) is 67.6 Å². The molecule has 0 bridgehead atoms. The monoisotopic (exact) mass is 331 g/mol. The summed E-state index contributed by atoms with van der Waals surface area (Å²) in [6, 6.07) is 9.47. The van der Waals surface area contributed by atoms with E-state index in [0.717, 1.165) is 31.6 Å². The predicted octanol–water partition coefficient (Wildman–Crippen LogP) is 1.20. The molecule has 0 saturated carbocycles. The average Bonchev–Trinajstić information content (AvgIpc) is 2.63. The first kappa shape index (κ1) is 16.9. The highest BCUT2D eigenvalue weighted by molar-refractivity contribution is 5.92. The van der Waals surface area contributed by atoms with Crippen molar-refractivity contribution in [1.29, 1.82) is 0 Å². The molecule has 1 aromatic rings. The summed E-state index contributed by atoms with van der Waals surface area (Å²) in [4.78, 5) is 28.6. The SMILES string of the molecule is O=C(CN1CCN(C(=O)C2CCOCC2)CC1)Nc1ccccc1. The van der Waals surface area contributed by atoms with Gasteiger partial charge in [-0.3, -0.25) is 14.5 Å². The van der Waals surface area contributed by atoms with Gasteiger partial charge in [-0.05, 0) is 25.0 Å². The minimum absolute atomic E-state index is 0.00888. The molecule has 6 nitrogen and oxygen atoms in total. The summed E-state index contributed by atoms with van der Waals surface area (Å²) in [7, 11) is 0. The number of nitrogens with one attached hydrogen (secondary N) is 1. The van der Waals surface area contributed by atoms with Crippen molar-refractivity contribution >= 4 is 17.5 Å². The number of carbonyl (C=O) groups excluding carboxylic acids is 2. The summed E-state index contributed by atoms with van der Waals surface area (Å²) < 4.78 is 5.32. The van der Waals surface area contributed by atoms with E-state index in [0.29, 0.717) is 32.8 Å². The van der Waals surface area contributed by atoms with Crippen LogP contribution in [0.5, 0.6) is 0 Å². The number of benzene rings is 1. The second kappa shape index (κ2) is 8.26. The van der Waals surface area contributed by atoms with Crippen molar-refractivity contribution in [2.75, 3.05) is 51.3 Å². The molecular weight excluding hydrogens is 306 g/mol. The maximum Gasteiger partial charge on any atom is 0.238 e. The van der Waals surface area contributed by atoms with E-state index in [9.17, 15) is 9.59 Å². The molecule has 3 rings (SSSR count). The molecular formula is C18H25N3O3. The van der Waals surface area contributed by atoms with Crippen molar-refractivity contribution in [2.24, 2.45) is 5.92 Å². The Morgan fingerprint density at radius 2 is 1.71 bits per heavy atom. The molecule has 1 aromatic carbocycles. The molecule has 2 amide bonds. The maximum atomic E-state index is 12.5. The molecule has 2 heterocycles. The highest BCUT2D eigenvalue weighted by Crippen LogP contribution is 2.18. The summed E-state index contributed by atoms with van der Waals surface area (Å²) in [5.74, 6) is 0.365. The largest absolute Gasteiger partial charge is 0.381 e. The fourth-order valence-electron chi connectivity index (χ4n) is 3.25. The number of rotatable bonds is 4. The van der Waals surface area contributed by atoms with E-state index in [4.69, 9.17) is 4.74 Å². The zero-order chi connectivity index (χ0) is 16.8. The topological polar surface area (TPSA) is 61.9 Å². The van der Waals surface area contributed by atoms with Crippen LogP contribution in [0.25, 0.3) is 0 Å². The molecule has 2 aliphatic rings. The Kier molecular flexibility index (Phi) is 5.82. The normalized spacial score (nSPS) is 19.9. The summed E-state index contributed by atoms with van der Waals surface area (Å²) in [5, 5.41) is 2.90. The van der Waals surface area contributed by atoms with Crippen LogP contribution < -0.4 is 5.32 Å². The Labute approximate surface area is 142 Å². The van der Waals surface area contributed by atoms with Crippen molar-refractivity contribution < 1.29 is 14.3 Å². The van der Waals surface area contributed by atoms with E-state index in [-0.39, 0.29) is 17.7 Å². The lowest BCUT2D eigenvalue weighted by molar-refractivity contribution is -0.140. The van der Waals surface area contributed by atoms with Crippen LogP contribution in [0, 0.1) is 5.92 Å². The quantitative estimate of drug-likeness (QED) is 0.900. The van der Waals surface area contributed by atoms with Crippen molar-refractivity contribution in [3.05, 3.63) is 30.3 Å². The Hall–Kier alpha value is -1.92. The zero-order valence-corrected chi connectivity index (χ0v) is 13.9. The number of para-hydroxylation sites is 1. The van der Waals surface area contributed by atoms with E-state index < -0.39 is 0 Å². The van der Waals surface area contributed by atoms with Crippen LogP contribution in [0.1, 0.15) is 12.8 Å².